The highest BCUT2D eigenvalue weighted by atomic mass is 32.1. The van der Waals surface area contributed by atoms with Crippen LogP contribution in [0.3, 0.4) is 0 Å². The number of amides is 2. The van der Waals surface area contributed by atoms with Crippen molar-refractivity contribution in [3.8, 4) is 0 Å². The molecule has 3 rings (SSSR count). The SMILES string of the molecule is NC(=O)c1csc(C(=O)N2CCC3(CCNC3)CC2)c1. The van der Waals surface area contributed by atoms with Crippen molar-refractivity contribution < 1.29 is 9.59 Å². The second kappa shape index (κ2) is 5.18. The van der Waals surface area contributed by atoms with Crippen LogP contribution in [0.2, 0.25) is 0 Å². The minimum atomic E-state index is -0.477. The summed E-state index contributed by atoms with van der Waals surface area (Å²) in [7, 11) is 0. The van der Waals surface area contributed by atoms with Gasteiger partial charge in [-0.2, -0.15) is 0 Å². The number of rotatable bonds is 2. The maximum absolute atomic E-state index is 12.4. The fraction of sp³-hybridized carbons (Fsp3) is 0.571. The van der Waals surface area contributed by atoms with Gasteiger partial charge in [0.15, 0.2) is 0 Å². The van der Waals surface area contributed by atoms with E-state index in [1.807, 2.05) is 4.90 Å². The first-order valence-corrected chi connectivity index (χ1v) is 7.86. The number of nitrogens with zero attached hydrogens (tertiary/aromatic N) is 1. The van der Waals surface area contributed by atoms with Gasteiger partial charge in [0.2, 0.25) is 5.91 Å². The highest BCUT2D eigenvalue weighted by Crippen LogP contribution is 2.37. The molecule has 0 bridgehead atoms. The monoisotopic (exact) mass is 293 g/mol. The van der Waals surface area contributed by atoms with E-state index in [4.69, 9.17) is 5.73 Å². The number of hydrogen-bond acceptors (Lipinski definition) is 4. The summed E-state index contributed by atoms with van der Waals surface area (Å²) < 4.78 is 0. The normalized spacial score (nSPS) is 21.3. The maximum Gasteiger partial charge on any atom is 0.263 e. The van der Waals surface area contributed by atoms with E-state index in [9.17, 15) is 9.59 Å². The molecule has 3 N–H and O–H groups in total. The van der Waals surface area contributed by atoms with Crippen molar-refractivity contribution in [2.75, 3.05) is 26.2 Å². The minimum absolute atomic E-state index is 0.0308. The highest BCUT2D eigenvalue weighted by molar-refractivity contribution is 7.12. The van der Waals surface area contributed by atoms with Gasteiger partial charge in [-0.3, -0.25) is 9.59 Å². The van der Waals surface area contributed by atoms with Crippen LogP contribution in [-0.4, -0.2) is 42.9 Å². The Morgan fingerprint density at radius 3 is 2.60 bits per heavy atom. The maximum atomic E-state index is 12.4. The second-order valence-corrected chi connectivity index (χ2v) is 6.69. The molecule has 0 atom stereocenters. The first kappa shape index (κ1) is 13.6. The molecule has 0 radical (unpaired) electrons. The molecule has 2 amide bonds. The molecule has 6 heteroatoms. The van der Waals surface area contributed by atoms with Crippen molar-refractivity contribution in [2.45, 2.75) is 19.3 Å². The summed E-state index contributed by atoms with van der Waals surface area (Å²) in [4.78, 5) is 26.0. The third kappa shape index (κ3) is 2.45. The molecule has 2 fully saturated rings. The predicted molar refractivity (Wildman–Crippen MR) is 77.9 cm³/mol. The van der Waals surface area contributed by atoms with Crippen LogP contribution in [0.5, 0.6) is 0 Å². The lowest BCUT2D eigenvalue weighted by atomic mass is 9.78. The van der Waals surface area contributed by atoms with Gasteiger partial charge in [0.1, 0.15) is 0 Å². The Morgan fingerprint density at radius 1 is 1.30 bits per heavy atom. The van der Waals surface area contributed by atoms with Crippen LogP contribution in [0.25, 0.3) is 0 Å². The van der Waals surface area contributed by atoms with E-state index in [-0.39, 0.29) is 5.91 Å². The van der Waals surface area contributed by atoms with Gasteiger partial charge in [-0.25, -0.2) is 0 Å². The lowest BCUT2D eigenvalue weighted by Crippen LogP contribution is -2.43. The molecule has 1 aromatic rings. The molecule has 2 saturated heterocycles. The summed E-state index contributed by atoms with van der Waals surface area (Å²) in [6.45, 7) is 3.80. The molecule has 2 aliphatic rings. The quantitative estimate of drug-likeness (QED) is 0.856. The number of thiophene rings is 1. The molecule has 1 aromatic heterocycles. The van der Waals surface area contributed by atoms with Gasteiger partial charge in [-0.05, 0) is 37.3 Å². The zero-order valence-corrected chi connectivity index (χ0v) is 12.2. The van der Waals surface area contributed by atoms with E-state index in [1.165, 1.54) is 17.8 Å². The molecular weight excluding hydrogens is 274 g/mol. The Balaban J connectivity index is 1.65. The smallest absolute Gasteiger partial charge is 0.263 e. The fourth-order valence-corrected chi connectivity index (χ4v) is 4.00. The number of likely N-dealkylation sites (tertiary alicyclic amines) is 1. The summed E-state index contributed by atoms with van der Waals surface area (Å²) >= 11 is 1.30. The van der Waals surface area contributed by atoms with E-state index in [0.717, 1.165) is 39.0 Å². The predicted octanol–water partition coefficient (Wildman–Crippen LogP) is 1.06. The molecule has 5 nitrogen and oxygen atoms in total. The number of hydrogen-bond donors (Lipinski definition) is 2. The zero-order chi connectivity index (χ0) is 14.2. The number of piperidine rings is 1. The largest absolute Gasteiger partial charge is 0.366 e. The number of primary amides is 1. The van der Waals surface area contributed by atoms with E-state index in [1.54, 1.807) is 11.4 Å². The van der Waals surface area contributed by atoms with Gasteiger partial charge in [0.05, 0.1) is 10.4 Å². The average Bonchev–Trinajstić information content (AvgIpc) is 3.08. The van der Waals surface area contributed by atoms with Gasteiger partial charge in [0.25, 0.3) is 5.91 Å². The molecular formula is C14H19N3O2S. The fourth-order valence-electron chi connectivity index (χ4n) is 3.14. The Morgan fingerprint density at radius 2 is 2.05 bits per heavy atom. The van der Waals surface area contributed by atoms with Gasteiger partial charge in [-0.1, -0.05) is 0 Å². The van der Waals surface area contributed by atoms with Crippen LogP contribution in [-0.2, 0) is 0 Å². The molecule has 2 aliphatic heterocycles. The number of carbonyl (C=O) groups is 2. The number of nitrogens with two attached hydrogens (primary N) is 1. The van der Waals surface area contributed by atoms with Crippen LogP contribution in [0, 0.1) is 5.41 Å². The minimum Gasteiger partial charge on any atom is -0.366 e. The van der Waals surface area contributed by atoms with E-state index < -0.39 is 5.91 Å². The summed E-state index contributed by atoms with van der Waals surface area (Å²) in [6.07, 6.45) is 3.36. The van der Waals surface area contributed by atoms with Crippen LogP contribution < -0.4 is 11.1 Å². The summed E-state index contributed by atoms with van der Waals surface area (Å²) in [5.41, 5.74) is 6.05. The Hall–Kier alpha value is -1.40. The molecule has 0 aromatic carbocycles. The Kier molecular flexibility index (Phi) is 3.52. The molecule has 0 aliphatic carbocycles. The van der Waals surface area contributed by atoms with Crippen molar-refractivity contribution in [1.82, 2.24) is 10.2 Å². The lowest BCUT2D eigenvalue weighted by Gasteiger charge is -2.38. The first-order chi connectivity index (χ1) is 9.60. The summed E-state index contributed by atoms with van der Waals surface area (Å²) in [5.74, 6) is -0.446. The van der Waals surface area contributed by atoms with Crippen LogP contribution in [0.15, 0.2) is 11.4 Å². The third-order valence-electron chi connectivity index (χ3n) is 4.54. The summed E-state index contributed by atoms with van der Waals surface area (Å²) in [6, 6.07) is 1.61. The lowest BCUT2D eigenvalue weighted by molar-refractivity contribution is 0.0612. The van der Waals surface area contributed by atoms with Gasteiger partial charge < -0.3 is 16.0 Å². The summed E-state index contributed by atoms with van der Waals surface area (Å²) in [5, 5.41) is 5.08. The van der Waals surface area contributed by atoms with Gasteiger partial charge in [0, 0.05) is 25.0 Å². The first-order valence-electron chi connectivity index (χ1n) is 6.98. The van der Waals surface area contributed by atoms with Crippen molar-refractivity contribution in [2.24, 2.45) is 11.1 Å². The highest BCUT2D eigenvalue weighted by Gasteiger charge is 2.38. The molecule has 20 heavy (non-hydrogen) atoms. The Bertz CT molecular complexity index is 524. The topological polar surface area (TPSA) is 75.4 Å². The van der Waals surface area contributed by atoms with Gasteiger partial charge >= 0.3 is 0 Å². The molecule has 108 valence electrons. The van der Waals surface area contributed by atoms with E-state index in [2.05, 4.69) is 5.32 Å². The zero-order valence-electron chi connectivity index (χ0n) is 11.4. The van der Waals surface area contributed by atoms with Crippen molar-refractivity contribution in [1.29, 1.82) is 0 Å². The van der Waals surface area contributed by atoms with Crippen molar-refractivity contribution in [3.63, 3.8) is 0 Å². The number of nitrogens with one attached hydrogen (secondary N) is 1. The van der Waals surface area contributed by atoms with Crippen LogP contribution >= 0.6 is 11.3 Å². The Labute approximate surface area is 122 Å². The molecule has 1 spiro atoms. The van der Waals surface area contributed by atoms with E-state index >= 15 is 0 Å². The molecule has 3 heterocycles. The third-order valence-corrected chi connectivity index (χ3v) is 5.46. The van der Waals surface area contributed by atoms with Crippen molar-refractivity contribution >= 4 is 23.2 Å². The average molecular weight is 293 g/mol. The second-order valence-electron chi connectivity index (χ2n) is 5.78. The molecule has 0 saturated carbocycles. The van der Waals surface area contributed by atoms with Crippen molar-refractivity contribution in [3.05, 3.63) is 21.9 Å². The van der Waals surface area contributed by atoms with Crippen LogP contribution in [0.1, 0.15) is 39.3 Å². The van der Waals surface area contributed by atoms with E-state index in [0.29, 0.717) is 15.9 Å². The standard InChI is InChI=1S/C14H19N3O2S/c15-12(18)10-7-11(20-8-10)13(19)17-5-2-14(3-6-17)1-4-16-9-14/h7-8,16H,1-6,9H2,(H2,15,18). The van der Waals surface area contributed by atoms with Crippen LogP contribution in [0.4, 0.5) is 0 Å². The molecule has 0 unspecified atom stereocenters. The van der Waals surface area contributed by atoms with Gasteiger partial charge in [-0.15, -0.1) is 11.3 Å². The number of carbonyl (C=O) groups excluding carboxylic acids is 2.